The maximum Gasteiger partial charge on any atom is 0.271 e. The minimum absolute atomic E-state index is 0.0102. The number of carbonyl (C=O) groups excluding carboxylic acids is 2. The minimum Gasteiger partial charge on any atom is -0.347 e. The molecule has 0 saturated heterocycles. The molecular weight excluding hydrogens is 280 g/mol. The average Bonchev–Trinajstić information content (AvgIpc) is 2.53. The van der Waals surface area contributed by atoms with Crippen molar-refractivity contribution in [1.82, 2.24) is 15.3 Å². The van der Waals surface area contributed by atoms with Crippen molar-refractivity contribution in [3.05, 3.63) is 60.6 Å². The highest BCUT2D eigenvalue weighted by atomic mass is 16.1. The van der Waals surface area contributed by atoms with Gasteiger partial charge in [0.2, 0.25) is 0 Å². The summed E-state index contributed by atoms with van der Waals surface area (Å²) in [4.78, 5) is 31.2. The Morgan fingerprint density at radius 1 is 1.27 bits per heavy atom. The highest BCUT2D eigenvalue weighted by Gasteiger charge is 2.07. The van der Waals surface area contributed by atoms with Crippen LogP contribution in [0.3, 0.4) is 0 Å². The molecule has 2 N–H and O–H groups in total. The summed E-state index contributed by atoms with van der Waals surface area (Å²) in [6, 6.07) is 7.07. The molecule has 0 aliphatic carbocycles. The molecule has 0 atom stereocenters. The van der Waals surface area contributed by atoms with Gasteiger partial charge in [-0.25, -0.2) is 9.97 Å². The molecule has 1 heterocycles. The minimum atomic E-state index is -0.308. The Kier molecular flexibility index (Phi) is 4.98. The molecule has 6 heteroatoms. The number of nitrogens with zero attached hydrogens (tertiary/aromatic N) is 2. The number of hydrogen-bond acceptors (Lipinski definition) is 5. The summed E-state index contributed by atoms with van der Waals surface area (Å²) in [5, 5.41) is 5.66. The van der Waals surface area contributed by atoms with Crippen LogP contribution in [-0.4, -0.2) is 28.2 Å². The van der Waals surface area contributed by atoms with Gasteiger partial charge in [0.25, 0.3) is 5.91 Å². The molecular formula is C16H16N4O2. The number of anilines is 2. The standard InChI is InChI=1S/C16H16N4O2/c1-3-7-17-16(22)14-9-19-15(10-18-14)20-13-6-4-5-12(8-13)11(2)21/h3-6,8-10H,1,7H2,2H3,(H,17,22)(H,19,20). The molecule has 6 nitrogen and oxygen atoms in total. The van der Waals surface area contributed by atoms with Gasteiger partial charge >= 0.3 is 0 Å². The number of nitrogens with one attached hydrogen (secondary N) is 2. The normalized spacial score (nSPS) is 9.86. The zero-order chi connectivity index (χ0) is 15.9. The quantitative estimate of drug-likeness (QED) is 0.631. The van der Waals surface area contributed by atoms with Crippen molar-refractivity contribution in [3.8, 4) is 0 Å². The Bertz CT molecular complexity index is 696. The zero-order valence-electron chi connectivity index (χ0n) is 12.2. The predicted octanol–water partition coefficient (Wildman–Crippen LogP) is 2.34. The van der Waals surface area contributed by atoms with Gasteiger partial charge in [-0.15, -0.1) is 6.58 Å². The van der Waals surface area contributed by atoms with E-state index >= 15 is 0 Å². The van der Waals surface area contributed by atoms with Crippen LogP contribution in [0.2, 0.25) is 0 Å². The number of benzene rings is 1. The van der Waals surface area contributed by atoms with Crippen molar-refractivity contribution in [2.75, 3.05) is 11.9 Å². The molecule has 0 saturated carbocycles. The van der Waals surface area contributed by atoms with Crippen LogP contribution in [0, 0.1) is 0 Å². The fourth-order valence-corrected chi connectivity index (χ4v) is 1.73. The SMILES string of the molecule is C=CCNC(=O)c1cnc(Nc2cccc(C(C)=O)c2)cn1. The lowest BCUT2D eigenvalue weighted by atomic mass is 10.1. The van der Waals surface area contributed by atoms with Crippen LogP contribution in [0.1, 0.15) is 27.8 Å². The molecule has 22 heavy (non-hydrogen) atoms. The van der Waals surface area contributed by atoms with E-state index in [9.17, 15) is 9.59 Å². The number of amides is 1. The molecule has 1 aromatic carbocycles. The number of carbonyl (C=O) groups is 2. The lowest BCUT2D eigenvalue weighted by Gasteiger charge is -2.07. The molecule has 0 spiro atoms. The second kappa shape index (κ2) is 7.12. The Balaban J connectivity index is 2.08. The second-order valence-electron chi connectivity index (χ2n) is 4.55. The van der Waals surface area contributed by atoms with Crippen LogP contribution in [0.15, 0.2) is 49.3 Å². The van der Waals surface area contributed by atoms with Gasteiger partial charge < -0.3 is 10.6 Å². The summed E-state index contributed by atoms with van der Waals surface area (Å²) < 4.78 is 0. The number of ketones is 1. The van der Waals surface area contributed by atoms with Crippen molar-refractivity contribution in [2.24, 2.45) is 0 Å². The van der Waals surface area contributed by atoms with Gasteiger partial charge in [-0.3, -0.25) is 9.59 Å². The summed E-state index contributed by atoms with van der Waals surface area (Å²) in [6.07, 6.45) is 4.43. The molecule has 0 fully saturated rings. The summed E-state index contributed by atoms with van der Waals surface area (Å²) in [5.74, 6) is 0.169. The van der Waals surface area contributed by atoms with E-state index in [4.69, 9.17) is 0 Å². The topological polar surface area (TPSA) is 84.0 Å². The van der Waals surface area contributed by atoms with E-state index in [-0.39, 0.29) is 17.4 Å². The Labute approximate surface area is 128 Å². The zero-order valence-corrected chi connectivity index (χ0v) is 12.2. The monoisotopic (exact) mass is 296 g/mol. The Morgan fingerprint density at radius 3 is 2.73 bits per heavy atom. The van der Waals surface area contributed by atoms with Crippen LogP contribution >= 0.6 is 0 Å². The van der Waals surface area contributed by atoms with E-state index < -0.39 is 0 Å². The fourth-order valence-electron chi connectivity index (χ4n) is 1.73. The van der Waals surface area contributed by atoms with Crippen LogP contribution < -0.4 is 10.6 Å². The molecule has 112 valence electrons. The highest BCUT2D eigenvalue weighted by Crippen LogP contribution is 2.15. The molecule has 0 bridgehead atoms. The lowest BCUT2D eigenvalue weighted by Crippen LogP contribution is -2.24. The van der Waals surface area contributed by atoms with Gasteiger partial charge in [-0.05, 0) is 19.1 Å². The largest absolute Gasteiger partial charge is 0.347 e. The van der Waals surface area contributed by atoms with E-state index in [1.165, 1.54) is 19.3 Å². The lowest BCUT2D eigenvalue weighted by molar-refractivity contribution is 0.0951. The van der Waals surface area contributed by atoms with E-state index in [0.717, 1.165) is 5.69 Å². The van der Waals surface area contributed by atoms with E-state index in [1.807, 2.05) is 6.07 Å². The number of hydrogen-bond donors (Lipinski definition) is 2. The summed E-state index contributed by atoms with van der Waals surface area (Å²) >= 11 is 0. The van der Waals surface area contributed by atoms with Crippen LogP contribution in [0.4, 0.5) is 11.5 Å². The molecule has 2 aromatic rings. The van der Waals surface area contributed by atoms with E-state index in [2.05, 4.69) is 27.2 Å². The summed E-state index contributed by atoms with van der Waals surface area (Å²) in [5.41, 5.74) is 1.56. The second-order valence-corrected chi connectivity index (χ2v) is 4.55. The number of rotatable bonds is 6. The van der Waals surface area contributed by atoms with Crippen molar-refractivity contribution in [2.45, 2.75) is 6.92 Å². The van der Waals surface area contributed by atoms with Crippen LogP contribution in [0.5, 0.6) is 0 Å². The first-order valence-corrected chi connectivity index (χ1v) is 6.69. The average molecular weight is 296 g/mol. The number of Topliss-reactive ketones (excluding diaryl/α,β-unsaturated/α-hetero) is 1. The smallest absolute Gasteiger partial charge is 0.271 e. The fraction of sp³-hybridized carbons (Fsp3) is 0.125. The van der Waals surface area contributed by atoms with Crippen molar-refractivity contribution in [1.29, 1.82) is 0 Å². The molecule has 1 amide bonds. The maximum absolute atomic E-state index is 11.7. The van der Waals surface area contributed by atoms with Gasteiger partial charge in [0.15, 0.2) is 5.78 Å². The van der Waals surface area contributed by atoms with Gasteiger partial charge in [0.05, 0.1) is 12.4 Å². The van der Waals surface area contributed by atoms with E-state index in [0.29, 0.717) is 17.9 Å². The Hall–Kier alpha value is -3.02. The molecule has 0 unspecified atom stereocenters. The molecule has 0 aliphatic heterocycles. The van der Waals surface area contributed by atoms with Gasteiger partial charge in [-0.2, -0.15) is 0 Å². The third-order valence-corrected chi connectivity index (χ3v) is 2.83. The maximum atomic E-state index is 11.7. The van der Waals surface area contributed by atoms with E-state index in [1.54, 1.807) is 24.3 Å². The number of aromatic nitrogens is 2. The van der Waals surface area contributed by atoms with Crippen molar-refractivity contribution >= 4 is 23.2 Å². The first kappa shape index (κ1) is 15.4. The third kappa shape index (κ3) is 3.99. The third-order valence-electron chi connectivity index (χ3n) is 2.83. The molecule has 2 rings (SSSR count). The van der Waals surface area contributed by atoms with Gasteiger partial charge in [-0.1, -0.05) is 18.2 Å². The predicted molar refractivity (Wildman–Crippen MR) is 84.3 cm³/mol. The van der Waals surface area contributed by atoms with Crippen molar-refractivity contribution < 1.29 is 9.59 Å². The van der Waals surface area contributed by atoms with Crippen molar-refractivity contribution in [3.63, 3.8) is 0 Å². The van der Waals surface area contributed by atoms with Gasteiger partial charge in [0.1, 0.15) is 11.5 Å². The van der Waals surface area contributed by atoms with Gasteiger partial charge in [0, 0.05) is 17.8 Å². The first-order chi connectivity index (χ1) is 10.6. The summed E-state index contributed by atoms with van der Waals surface area (Å²) in [6.45, 7) is 5.40. The summed E-state index contributed by atoms with van der Waals surface area (Å²) in [7, 11) is 0. The Morgan fingerprint density at radius 2 is 2.09 bits per heavy atom. The molecule has 1 aromatic heterocycles. The molecule has 0 radical (unpaired) electrons. The van der Waals surface area contributed by atoms with Crippen LogP contribution in [-0.2, 0) is 0 Å². The first-order valence-electron chi connectivity index (χ1n) is 6.69. The highest BCUT2D eigenvalue weighted by molar-refractivity contribution is 5.95. The van der Waals surface area contributed by atoms with Crippen LogP contribution in [0.25, 0.3) is 0 Å². The molecule has 0 aliphatic rings.